The zero-order valence-corrected chi connectivity index (χ0v) is 21.3. The monoisotopic (exact) mass is 502 g/mol. The molecule has 1 amide bonds. The van der Waals surface area contributed by atoms with Crippen molar-refractivity contribution in [3.8, 4) is 33.8 Å². The molecule has 0 radical (unpaired) electrons. The summed E-state index contributed by atoms with van der Waals surface area (Å²) in [5.41, 5.74) is 7.43. The first-order valence-electron chi connectivity index (χ1n) is 12.3. The lowest BCUT2D eigenvalue weighted by Crippen LogP contribution is -2.19. The van der Waals surface area contributed by atoms with Crippen molar-refractivity contribution in [2.45, 2.75) is 27.2 Å². The highest BCUT2D eigenvalue weighted by Crippen LogP contribution is 2.34. The summed E-state index contributed by atoms with van der Waals surface area (Å²) >= 11 is 0. The molecule has 0 fully saturated rings. The Labute approximate surface area is 218 Å². The summed E-state index contributed by atoms with van der Waals surface area (Å²) in [6, 6.07) is 9.89. The molecule has 0 aliphatic carbocycles. The fourth-order valence-electron chi connectivity index (χ4n) is 4.55. The van der Waals surface area contributed by atoms with Crippen LogP contribution < -0.4 is 5.32 Å². The number of rotatable bonds is 5. The molecule has 9 nitrogen and oxygen atoms in total. The molecule has 0 spiro atoms. The number of amides is 1. The normalized spacial score (nSPS) is 11.8. The van der Waals surface area contributed by atoms with Gasteiger partial charge in [-0.1, -0.05) is 26.8 Å². The van der Waals surface area contributed by atoms with E-state index in [1.54, 1.807) is 24.8 Å². The minimum atomic E-state index is -0.100. The number of nitrogens with one attached hydrogen (secondary N) is 3. The quantitative estimate of drug-likeness (QED) is 0.265. The van der Waals surface area contributed by atoms with E-state index in [1.165, 1.54) is 0 Å². The van der Waals surface area contributed by atoms with Crippen LogP contribution in [-0.4, -0.2) is 41.0 Å². The van der Waals surface area contributed by atoms with Crippen LogP contribution in [0.25, 0.3) is 55.6 Å². The third kappa shape index (κ3) is 4.61. The molecule has 6 aromatic heterocycles. The Kier molecular flexibility index (Phi) is 5.68. The van der Waals surface area contributed by atoms with Gasteiger partial charge in [0, 0.05) is 58.7 Å². The first-order chi connectivity index (χ1) is 18.3. The molecule has 0 aliphatic heterocycles. The largest absolute Gasteiger partial charge is 0.352 e. The fraction of sp³-hybridized carbons (Fsp3) is 0.172. The topological polar surface area (TPSA) is 125 Å². The van der Waals surface area contributed by atoms with E-state index < -0.39 is 0 Å². The van der Waals surface area contributed by atoms with Gasteiger partial charge in [0.15, 0.2) is 0 Å². The van der Waals surface area contributed by atoms with Gasteiger partial charge in [0.1, 0.15) is 5.69 Å². The summed E-state index contributed by atoms with van der Waals surface area (Å²) in [6.45, 7) is 6.10. The first-order valence-corrected chi connectivity index (χ1v) is 12.3. The second kappa shape index (κ2) is 9.19. The predicted octanol–water partition coefficient (Wildman–Crippen LogP) is 6.00. The zero-order valence-electron chi connectivity index (χ0n) is 21.3. The van der Waals surface area contributed by atoms with Crippen LogP contribution in [0, 0.1) is 5.41 Å². The standard InChI is InChI=1S/C29H26N8O/c1-29(2,3)10-27(38)34-19-7-18(12-31-13-19)23-9-21-26(16-33-23)36-37-28(21)24-8-20-22(14-32-15-25(20)35-24)17-5-4-6-30-11-17/h4-9,11-16,35H,10H2,1-3H3,(H,34,38)(H,36,37). The van der Waals surface area contributed by atoms with Crippen molar-refractivity contribution in [1.29, 1.82) is 0 Å². The number of H-pyrrole nitrogens is 2. The summed E-state index contributed by atoms with van der Waals surface area (Å²) in [7, 11) is 0. The molecule has 0 saturated carbocycles. The lowest BCUT2D eigenvalue weighted by molar-refractivity contribution is -0.117. The number of hydrogen-bond acceptors (Lipinski definition) is 6. The second-order valence-corrected chi connectivity index (χ2v) is 10.5. The summed E-state index contributed by atoms with van der Waals surface area (Å²) in [5, 5.41) is 12.6. The molecule has 0 atom stereocenters. The van der Waals surface area contributed by atoms with Gasteiger partial charge in [-0.3, -0.25) is 29.8 Å². The SMILES string of the molecule is CC(C)(C)CC(=O)Nc1cncc(-c2cc3c(-c4cc5c(-c6cccnc6)cncc5[nH]4)n[nH]c3cn2)c1. The highest BCUT2D eigenvalue weighted by atomic mass is 16.1. The van der Waals surface area contributed by atoms with E-state index in [2.05, 4.69) is 46.5 Å². The van der Waals surface area contributed by atoms with Crippen molar-refractivity contribution in [2.75, 3.05) is 5.32 Å². The maximum atomic E-state index is 12.4. The number of carbonyl (C=O) groups is 1. The van der Waals surface area contributed by atoms with Crippen molar-refractivity contribution < 1.29 is 4.79 Å². The summed E-state index contributed by atoms with van der Waals surface area (Å²) in [5.74, 6) is -0.0454. The molecule has 6 heterocycles. The van der Waals surface area contributed by atoms with Crippen LogP contribution in [0.3, 0.4) is 0 Å². The third-order valence-corrected chi connectivity index (χ3v) is 6.23. The Morgan fingerprint density at radius 3 is 2.55 bits per heavy atom. The van der Waals surface area contributed by atoms with Crippen molar-refractivity contribution in [2.24, 2.45) is 5.41 Å². The molecule has 9 heteroatoms. The zero-order chi connectivity index (χ0) is 26.3. The number of hydrogen-bond donors (Lipinski definition) is 3. The molecule has 0 aliphatic rings. The molecular weight excluding hydrogens is 476 g/mol. The molecule has 6 aromatic rings. The van der Waals surface area contributed by atoms with Gasteiger partial charge >= 0.3 is 0 Å². The Morgan fingerprint density at radius 2 is 1.74 bits per heavy atom. The molecule has 0 aromatic carbocycles. The highest BCUT2D eigenvalue weighted by Gasteiger charge is 2.17. The van der Waals surface area contributed by atoms with E-state index in [4.69, 9.17) is 0 Å². The van der Waals surface area contributed by atoms with Crippen LogP contribution >= 0.6 is 0 Å². The Morgan fingerprint density at radius 1 is 0.895 bits per heavy atom. The average molecular weight is 503 g/mol. The van der Waals surface area contributed by atoms with Crippen LogP contribution in [0.5, 0.6) is 0 Å². The van der Waals surface area contributed by atoms with E-state index in [1.807, 2.05) is 63.6 Å². The maximum Gasteiger partial charge on any atom is 0.224 e. The molecule has 188 valence electrons. The summed E-state index contributed by atoms with van der Waals surface area (Å²) in [6.07, 6.45) is 12.8. The molecular formula is C29H26N8O. The maximum absolute atomic E-state index is 12.4. The fourth-order valence-corrected chi connectivity index (χ4v) is 4.55. The first kappa shape index (κ1) is 23.5. The van der Waals surface area contributed by atoms with E-state index in [9.17, 15) is 4.79 Å². The second-order valence-electron chi connectivity index (χ2n) is 10.5. The van der Waals surface area contributed by atoms with E-state index >= 15 is 0 Å². The van der Waals surface area contributed by atoms with Crippen LogP contribution in [0.15, 0.2) is 73.7 Å². The number of aromatic amines is 2. The average Bonchev–Trinajstić information content (AvgIpc) is 3.51. The minimum Gasteiger partial charge on any atom is -0.352 e. The van der Waals surface area contributed by atoms with E-state index in [0.29, 0.717) is 12.1 Å². The number of pyridine rings is 4. The van der Waals surface area contributed by atoms with Crippen molar-refractivity contribution in [3.63, 3.8) is 0 Å². The number of carbonyl (C=O) groups excluding carboxylic acids is 1. The molecule has 0 saturated heterocycles. The predicted molar refractivity (Wildman–Crippen MR) is 148 cm³/mol. The van der Waals surface area contributed by atoms with Gasteiger partial charge in [0.05, 0.1) is 46.7 Å². The van der Waals surface area contributed by atoms with Crippen molar-refractivity contribution in [1.82, 2.24) is 35.1 Å². The van der Waals surface area contributed by atoms with Gasteiger partial charge in [-0.2, -0.15) is 5.10 Å². The molecule has 0 unspecified atom stereocenters. The molecule has 6 rings (SSSR count). The van der Waals surface area contributed by atoms with Gasteiger partial charge in [0.25, 0.3) is 0 Å². The Balaban J connectivity index is 1.36. The van der Waals surface area contributed by atoms with Crippen LogP contribution in [0.1, 0.15) is 27.2 Å². The Hall–Kier alpha value is -4.92. The van der Waals surface area contributed by atoms with Gasteiger partial charge in [0.2, 0.25) is 5.91 Å². The number of nitrogens with zero attached hydrogens (tertiary/aromatic N) is 5. The molecule has 0 bridgehead atoms. The van der Waals surface area contributed by atoms with E-state index in [0.717, 1.165) is 55.6 Å². The van der Waals surface area contributed by atoms with Gasteiger partial charge < -0.3 is 10.3 Å². The minimum absolute atomic E-state index is 0.0454. The lowest BCUT2D eigenvalue weighted by atomic mass is 9.92. The van der Waals surface area contributed by atoms with Gasteiger partial charge in [-0.25, -0.2) is 0 Å². The van der Waals surface area contributed by atoms with Gasteiger partial charge in [-0.05, 0) is 29.7 Å². The number of aromatic nitrogens is 7. The number of anilines is 1. The number of fused-ring (bicyclic) bond motifs is 2. The third-order valence-electron chi connectivity index (χ3n) is 6.23. The van der Waals surface area contributed by atoms with Crippen LogP contribution in [0.2, 0.25) is 0 Å². The Bertz CT molecular complexity index is 1780. The van der Waals surface area contributed by atoms with Crippen LogP contribution in [-0.2, 0) is 4.79 Å². The van der Waals surface area contributed by atoms with E-state index in [-0.39, 0.29) is 11.3 Å². The van der Waals surface area contributed by atoms with Crippen molar-refractivity contribution >= 4 is 33.4 Å². The summed E-state index contributed by atoms with van der Waals surface area (Å²) in [4.78, 5) is 33.5. The van der Waals surface area contributed by atoms with Gasteiger partial charge in [-0.15, -0.1) is 0 Å². The van der Waals surface area contributed by atoms with Crippen molar-refractivity contribution in [3.05, 3.63) is 73.7 Å². The smallest absolute Gasteiger partial charge is 0.224 e. The molecule has 38 heavy (non-hydrogen) atoms. The summed E-state index contributed by atoms with van der Waals surface area (Å²) < 4.78 is 0. The molecule has 3 N–H and O–H groups in total. The lowest BCUT2D eigenvalue weighted by Gasteiger charge is -2.17. The van der Waals surface area contributed by atoms with Crippen LogP contribution in [0.4, 0.5) is 5.69 Å². The highest BCUT2D eigenvalue weighted by molar-refractivity contribution is 6.01.